The van der Waals surface area contributed by atoms with E-state index in [0.717, 1.165) is 5.39 Å². The van der Waals surface area contributed by atoms with Gasteiger partial charge in [-0.25, -0.2) is 4.79 Å². The number of hydrogen-bond acceptors (Lipinski definition) is 5. The maximum atomic E-state index is 11.0. The van der Waals surface area contributed by atoms with Gasteiger partial charge in [-0.15, -0.1) is 0 Å². The van der Waals surface area contributed by atoms with Gasteiger partial charge in [-0.2, -0.15) is 0 Å². The van der Waals surface area contributed by atoms with Crippen molar-refractivity contribution in [2.75, 3.05) is 6.61 Å². The Morgan fingerprint density at radius 2 is 2.24 bits per heavy atom. The third-order valence-electron chi connectivity index (χ3n) is 2.61. The fraction of sp³-hybridized carbons (Fsp3) is 0.214. The van der Waals surface area contributed by atoms with Crippen LogP contribution in [0, 0.1) is 0 Å². The lowest BCUT2D eigenvalue weighted by Gasteiger charge is -2.08. The van der Waals surface area contributed by atoms with Crippen LogP contribution in [0.2, 0.25) is 5.02 Å². The zero-order chi connectivity index (χ0) is 15.2. The zero-order valence-electron chi connectivity index (χ0n) is 11.4. The number of aromatic nitrogens is 1. The summed E-state index contributed by atoms with van der Waals surface area (Å²) in [7, 11) is 0. The molecule has 0 aliphatic carbocycles. The molecular formula is C14H14ClN3O3. The normalized spacial score (nSPS) is 11.4. The average molecular weight is 308 g/mol. The Hall–Kier alpha value is -2.34. The minimum Gasteiger partial charge on any atom is -0.483 e. The summed E-state index contributed by atoms with van der Waals surface area (Å²) in [5.74, 6) is 0.113. The van der Waals surface area contributed by atoms with Crippen molar-refractivity contribution in [3.63, 3.8) is 0 Å². The van der Waals surface area contributed by atoms with Crippen LogP contribution in [0.5, 0.6) is 5.75 Å². The number of pyridine rings is 1. The molecule has 1 heterocycles. The number of nitrogens with two attached hydrogens (primary N) is 1. The van der Waals surface area contributed by atoms with E-state index in [1.165, 1.54) is 0 Å². The van der Waals surface area contributed by atoms with Crippen molar-refractivity contribution >= 4 is 34.3 Å². The number of oxime groups is 1. The second-order valence-corrected chi connectivity index (χ2v) is 4.54. The summed E-state index contributed by atoms with van der Waals surface area (Å²) in [6.07, 6.45) is 1.87. The fourth-order valence-corrected chi connectivity index (χ4v) is 1.80. The molecule has 7 heteroatoms. The van der Waals surface area contributed by atoms with E-state index in [2.05, 4.69) is 15.0 Å². The van der Waals surface area contributed by atoms with Crippen LogP contribution in [0.25, 0.3) is 10.9 Å². The topological polar surface area (TPSA) is 86.8 Å². The third-order valence-corrected chi connectivity index (χ3v) is 2.94. The molecule has 0 amide bonds. The molecule has 0 spiro atoms. The van der Waals surface area contributed by atoms with Crippen molar-refractivity contribution in [1.82, 2.24) is 4.98 Å². The maximum absolute atomic E-state index is 11.0. The first kappa shape index (κ1) is 15.1. The SMILES string of the molecule is CCC(=O)O/N=C(\N)COc1ccc(Cl)c2cccnc12. The Bertz CT molecular complexity index is 688. The number of nitrogens with zero attached hydrogens (tertiary/aromatic N) is 2. The smallest absolute Gasteiger partial charge is 0.334 e. The van der Waals surface area contributed by atoms with Crippen molar-refractivity contribution in [3.8, 4) is 5.75 Å². The minimum atomic E-state index is -0.462. The molecule has 0 atom stereocenters. The number of carbonyl (C=O) groups excluding carboxylic acids is 1. The number of hydrogen-bond donors (Lipinski definition) is 1. The second kappa shape index (κ2) is 6.90. The lowest BCUT2D eigenvalue weighted by Crippen LogP contribution is -2.22. The molecule has 0 saturated carbocycles. The highest BCUT2D eigenvalue weighted by atomic mass is 35.5. The van der Waals surface area contributed by atoms with Crippen LogP contribution >= 0.6 is 11.6 Å². The Kier molecular flexibility index (Phi) is 4.94. The highest BCUT2D eigenvalue weighted by Gasteiger charge is 2.07. The van der Waals surface area contributed by atoms with E-state index in [9.17, 15) is 4.79 Å². The van der Waals surface area contributed by atoms with Gasteiger partial charge in [-0.3, -0.25) is 4.98 Å². The van der Waals surface area contributed by atoms with Gasteiger partial charge in [-0.1, -0.05) is 23.7 Å². The Labute approximate surface area is 126 Å². The number of fused-ring (bicyclic) bond motifs is 1. The lowest BCUT2D eigenvalue weighted by atomic mass is 10.2. The first-order valence-corrected chi connectivity index (χ1v) is 6.67. The summed E-state index contributed by atoms with van der Waals surface area (Å²) < 4.78 is 5.53. The molecule has 0 aliphatic rings. The van der Waals surface area contributed by atoms with Crippen LogP contribution in [0.1, 0.15) is 13.3 Å². The quantitative estimate of drug-likeness (QED) is 0.397. The third kappa shape index (κ3) is 3.82. The molecule has 0 fully saturated rings. The van der Waals surface area contributed by atoms with Gasteiger partial charge in [0.1, 0.15) is 17.9 Å². The van der Waals surface area contributed by atoms with E-state index in [1.807, 2.05) is 6.07 Å². The Balaban J connectivity index is 2.10. The van der Waals surface area contributed by atoms with E-state index in [4.69, 9.17) is 22.1 Å². The molecule has 21 heavy (non-hydrogen) atoms. The van der Waals surface area contributed by atoms with Gasteiger partial charge in [0.05, 0.1) is 5.02 Å². The van der Waals surface area contributed by atoms with E-state index >= 15 is 0 Å². The number of ether oxygens (including phenoxy) is 1. The fourth-order valence-electron chi connectivity index (χ4n) is 1.58. The van der Waals surface area contributed by atoms with Crippen molar-refractivity contribution in [3.05, 3.63) is 35.5 Å². The summed E-state index contributed by atoms with van der Waals surface area (Å²) in [6.45, 7) is 1.64. The predicted octanol–water partition coefficient (Wildman–Crippen LogP) is 2.49. The standard InChI is InChI=1S/C14H14ClN3O3/c1-2-13(19)21-18-12(16)8-20-11-6-5-10(15)9-4-3-7-17-14(9)11/h3-7H,2,8H2,1H3,(H2,16,18). The van der Waals surface area contributed by atoms with Crippen LogP contribution in [-0.2, 0) is 9.63 Å². The predicted molar refractivity (Wildman–Crippen MR) is 80.3 cm³/mol. The van der Waals surface area contributed by atoms with E-state index in [1.54, 1.807) is 31.3 Å². The van der Waals surface area contributed by atoms with Crippen molar-refractivity contribution in [1.29, 1.82) is 0 Å². The number of halogens is 1. The van der Waals surface area contributed by atoms with Crippen molar-refractivity contribution < 1.29 is 14.4 Å². The molecule has 2 rings (SSSR count). The molecule has 110 valence electrons. The lowest BCUT2D eigenvalue weighted by molar-refractivity contribution is -0.143. The summed E-state index contributed by atoms with van der Waals surface area (Å²) in [4.78, 5) is 19.7. The highest BCUT2D eigenvalue weighted by molar-refractivity contribution is 6.35. The molecule has 1 aromatic carbocycles. The second-order valence-electron chi connectivity index (χ2n) is 4.13. The van der Waals surface area contributed by atoms with Gasteiger partial charge in [0.25, 0.3) is 0 Å². The van der Waals surface area contributed by atoms with Gasteiger partial charge in [0.15, 0.2) is 5.84 Å². The molecule has 0 aliphatic heterocycles. The number of amidine groups is 1. The molecule has 1 aromatic heterocycles. The Morgan fingerprint density at radius 1 is 1.43 bits per heavy atom. The van der Waals surface area contributed by atoms with Gasteiger partial charge in [0.2, 0.25) is 0 Å². The minimum absolute atomic E-state index is 0.0235. The summed E-state index contributed by atoms with van der Waals surface area (Å²) in [6, 6.07) is 7.05. The number of carbonyl (C=O) groups is 1. The monoisotopic (exact) mass is 307 g/mol. The molecule has 2 N–H and O–H groups in total. The number of rotatable bonds is 5. The van der Waals surface area contributed by atoms with Gasteiger partial charge >= 0.3 is 5.97 Å². The Morgan fingerprint density at radius 3 is 3.00 bits per heavy atom. The number of benzene rings is 1. The maximum Gasteiger partial charge on any atom is 0.334 e. The zero-order valence-corrected chi connectivity index (χ0v) is 12.1. The summed E-state index contributed by atoms with van der Waals surface area (Å²) >= 11 is 6.09. The molecule has 2 aromatic rings. The van der Waals surface area contributed by atoms with E-state index in [-0.39, 0.29) is 18.9 Å². The molecule has 0 saturated heterocycles. The summed E-state index contributed by atoms with van der Waals surface area (Å²) in [5, 5.41) is 4.85. The van der Waals surface area contributed by atoms with E-state index < -0.39 is 5.97 Å². The van der Waals surface area contributed by atoms with Gasteiger partial charge in [-0.05, 0) is 24.3 Å². The van der Waals surface area contributed by atoms with Crippen LogP contribution in [0.3, 0.4) is 0 Å². The summed E-state index contributed by atoms with van der Waals surface area (Å²) in [5.41, 5.74) is 6.23. The molecule has 0 bridgehead atoms. The average Bonchev–Trinajstić information content (AvgIpc) is 2.52. The molecule has 6 nitrogen and oxygen atoms in total. The largest absolute Gasteiger partial charge is 0.483 e. The molecule has 0 unspecified atom stereocenters. The van der Waals surface area contributed by atoms with Crippen LogP contribution in [0.4, 0.5) is 0 Å². The van der Waals surface area contributed by atoms with Crippen molar-refractivity contribution in [2.45, 2.75) is 13.3 Å². The van der Waals surface area contributed by atoms with Crippen LogP contribution in [0.15, 0.2) is 35.6 Å². The van der Waals surface area contributed by atoms with Gasteiger partial charge in [0, 0.05) is 18.0 Å². The van der Waals surface area contributed by atoms with Crippen LogP contribution in [-0.4, -0.2) is 23.4 Å². The highest BCUT2D eigenvalue weighted by Crippen LogP contribution is 2.29. The van der Waals surface area contributed by atoms with E-state index in [0.29, 0.717) is 16.3 Å². The first-order valence-electron chi connectivity index (χ1n) is 6.30. The first-order chi connectivity index (χ1) is 10.1. The van der Waals surface area contributed by atoms with Crippen molar-refractivity contribution in [2.24, 2.45) is 10.9 Å². The van der Waals surface area contributed by atoms with Gasteiger partial charge < -0.3 is 15.3 Å². The molecular weight excluding hydrogens is 294 g/mol. The van der Waals surface area contributed by atoms with Crippen LogP contribution < -0.4 is 10.5 Å². The molecule has 0 radical (unpaired) electrons.